The van der Waals surface area contributed by atoms with E-state index in [1.165, 1.54) is 5.87 Å². The number of carbonyl (C=O) groups is 3. The Labute approximate surface area is 98.4 Å². The Bertz CT molecular complexity index is 391. The molecule has 0 radical (unpaired) electrons. The number of carbonyl (C=O) groups excluding carboxylic acids is 3. The van der Waals surface area contributed by atoms with E-state index in [9.17, 15) is 14.4 Å². The highest BCUT2D eigenvalue weighted by Crippen LogP contribution is 1.98. The summed E-state index contributed by atoms with van der Waals surface area (Å²) >= 11 is 0. The van der Waals surface area contributed by atoms with Gasteiger partial charge in [-0.05, 0) is 19.9 Å². The molecule has 0 aliphatic rings. The molecule has 0 N–H and O–H groups in total. The van der Waals surface area contributed by atoms with Crippen molar-refractivity contribution in [1.29, 1.82) is 0 Å². The van der Waals surface area contributed by atoms with Crippen molar-refractivity contribution in [2.75, 3.05) is 13.2 Å². The number of hydrogen-bond donors (Lipinski definition) is 0. The second kappa shape index (κ2) is 8.01. The van der Waals surface area contributed by atoms with Crippen LogP contribution in [0.4, 0.5) is 0 Å². The molecule has 0 heterocycles. The summed E-state index contributed by atoms with van der Waals surface area (Å²) < 4.78 is 9.03. The Morgan fingerprint density at radius 3 is 2.18 bits per heavy atom. The molecule has 0 aliphatic heterocycles. The first kappa shape index (κ1) is 14.8. The molecule has 0 aliphatic carbocycles. The van der Waals surface area contributed by atoms with Gasteiger partial charge in [0.1, 0.15) is 5.57 Å². The van der Waals surface area contributed by atoms with Gasteiger partial charge in [0, 0.05) is 6.08 Å². The summed E-state index contributed by atoms with van der Waals surface area (Å²) in [6, 6.07) is 0. The lowest BCUT2D eigenvalue weighted by molar-refractivity contribution is -0.140. The molecule has 0 saturated carbocycles. The van der Waals surface area contributed by atoms with Crippen LogP contribution in [-0.2, 0) is 23.9 Å². The molecular weight excluding hydrogens is 226 g/mol. The summed E-state index contributed by atoms with van der Waals surface area (Å²) in [6.45, 7) is 3.38. The highest BCUT2D eigenvalue weighted by Gasteiger charge is 2.15. The Morgan fingerprint density at radius 2 is 1.71 bits per heavy atom. The second-order valence-corrected chi connectivity index (χ2v) is 2.66. The average molecular weight is 238 g/mol. The minimum atomic E-state index is -1.01. The topological polar surface area (TPSA) is 92.0 Å². The third-order valence-corrected chi connectivity index (χ3v) is 1.50. The number of ketones is 1. The molecule has 0 fully saturated rings. The monoisotopic (exact) mass is 238 g/mol. The Hall–Kier alpha value is -2.20. The standard InChI is InChI=1S/C11H12NO5/c1-3-16-10(14)6-5-9(13)8(7-12)11(15)17-4-2/h5-6H,3-4H2,1-2H3/q-1/b6-5+. The van der Waals surface area contributed by atoms with E-state index in [-0.39, 0.29) is 13.2 Å². The first-order chi connectivity index (χ1) is 8.06. The maximum atomic E-state index is 11.3. The first-order valence-electron chi connectivity index (χ1n) is 4.90. The molecule has 92 valence electrons. The smallest absolute Gasteiger partial charge is 0.348 e. The van der Waals surface area contributed by atoms with Gasteiger partial charge in [0.2, 0.25) is 0 Å². The fourth-order valence-corrected chi connectivity index (χ4v) is 0.822. The zero-order valence-electron chi connectivity index (χ0n) is 9.56. The quantitative estimate of drug-likeness (QED) is 0.219. The molecule has 0 unspecified atom stereocenters. The van der Waals surface area contributed by atoms with Crippen LogP contribution in [0.5, 0.6) is 0 Å². The minimum Gasteiger partial charge on any atom is -0.762 e. The van der Waals surface area contributed by atoms with Crippen LogP contribution in [0.3, 0.4) is 0 Å². The largest absolute Gasteiger partial charge is 0.762 e. The van der Waals surface area contributed by atoms with E-state index in [0.29, 0.717) is 0 Å². The molecule has 0 aromatic rings. The van der Waals surface area contributed by atoms with Crippen molar-refractivity contribution in [2.45, 2.75) is 13.8 Å². The SMILES string of the molecule is CCOC(=O)/C=C/C(=O)C(=C=[N-])C(=O)OCC. The summed E-state index contributed by atoms with van der Waals surface area (Å²) in [7, 11) is 0. The van der Waals surface area contributed by atoms with Crippen LogP contribution in [0.2, 0.25) is 0 Å². The van der Waals surface area contributed by atoms with Gasteiger partial charge in [-0.25, -0.2) is 9.59 Å². The van der Waals surface area contributed by atoms with E-state index in [2.05, 4.69) is 9.47 Å². The van der Waals surface area contributed by atoms with Crippen LogP contribution in [-0.4, -0.2) is 36.8 Å². The molecule has 0 atom stereocenters. The van der Waals surface area contributed by atoms with Crippen molar-refractivity contribution in [2.24, 2.45) is 0 Å². The Kier molecular flexibility index (Phi) is 6.97. The Balaban J connectivity index is 4.64. The fraction of sp³-hybridized carbons (Fsp3) is 0.364. The minimum absolute atomic E-state index is 0.0544. The molecule has 0 amide bonds. The third kappa shape index (κ3) is 5.44. The fourth-order valence-electron chi connectivity index (χ4n) is 0.822. The summed E-state index contributed by atoms with van der Waals surface area (Å²) in [5.41, 5.74) is -0.674. The lowest BCUT2D eigenvalue weighted by Gasteiger charge is -2.02. The van der Waals surface area contributed by atoms with Gasteiger partial charge in [0.25, 0.3) is 0 Å². The van der Waals surface area contributed by atoms with E-state index < -0.39 is 23.3 Å². The number of nitrogens with zero attached hydrogens (tertiary/aromatic N) is 1. The normalized spacial score (nSPS) is 9.53. The first-order valence-corrected chi connectivity index (χ1v) is 4.90. The summed E-state index contributed by atoms with van der Waals surface area (Å²) in [5, 5.41) is 8.60. The molecule has 0 aromatic carbocycles. The maximum Gasteiger partial charge on any atom is 0.348 e. The van der Waals surface area contributed by atoms with Crippen molar-refractivity contribution in [3.05, 3.63) is 23.1 Å². The van der Waals surface area contributed by atoms with E-state index in [1.54, 1.807) is 13.8 Å². The molecule has 0 rings (SSSR count). The summed E-state index contributed by atoms with van der Waals surface area (Å²) in [4.78, 5) is 33.4. The summed E-state index contributed by atoms with van der Waals surface area (Å²) in [6.07, 6.45) is 1.65. The zero-order chi connectivity index (χ0) is 13.3. The highest BCUT2D eigenvalue weighted by molar-refractivity contribution is 6.28. The van der Waals surface area contributed by atoms with Gasteiger partial charge in [-0.15, -0.1) is 0 Å². The molecular formula is C11H12NO5-. The van der Waals surface area contributed by atoms with Gasteiger partial charge in [-0.2, -0.15) is 0 Å². The lowest BCUT2D eigenvalue weighted by Crippen LogP contribution is -2.15. The van der Waals surface area contributed by atoms with Crippen LogP contribution in [0.15, 0.2) is 17.7 Å². The molecule has 6 heteroatoms. The van der Waals surface area contributed by atoms with Gasteiger partial charge in [0.15, 0.2) is 5.78 Å². The van der Waals surface area contributed by atoms with Crippen LogP contribution >= 0.6 is 0 Å². The average Bonchev–Trinajstić information content (AvgIpc) is 2.28. The van der Waals surface area contributed by atoms with Crippen molar-refractivity contribution < 1.29 is 23.9 Å². The van der Waals surface area contributed by atoms with Gasteiger partial charge >= 0.3 is 11.9 Å². The van der Waals surface area contributed by atoms with Crippen LogP contribution in [0.25, 0.3) is 5.41 Å². The molecule has 0 aromatic heterocycles. The van der Waals surface area contributed by atoms with Crippen LogP contribution < -0.4 is 0 Å². The number of ether oxygens (including phenoxy) is 2. The number of esters is 2. The maximum absolute atomic E-state index is 11.3. The number of rotatable bonds is 6. The van der Waals surface area contributed by atoms with Crippen LogP contribution in [0.1, 0.15) is 13.8 Å². The van der Waals surface area contributed by atoms with Crippen molar-refractivity contribution >= 4 is 23.6 Å². The lowest BCUT2D eigenvalue weighted by atomic mass is 10.2. The van der Waals surface area contributed by atoms with Gasteiger partial charge in [-0.1, -0.05) is 0 Å². The molecule has 0 saturated heterocycles. The van der Waals surface area contributed by atoms with E-state index >= 15 is 0 Å². The van der Waals surface area contributed by atoms with Gasteiger partial charge in [-0.3, -0.25) is 10.7 Å². The van der Waals surface area contributed by atoms with E-state index in [4.69, 9.17) is 5.41 Å². The van der Waals surface area contributed by atoms with Crippen molar-refractivity contribution in [3.63, 3.8) is 0 Å². The van der Waals surface area contributed by atoms with E-state index in [1.807, 2.05) is 0 Å². The predicted molar refractivity (Wildman–Crippen MR) is 59.3 cm³/mol. The molecule has 17 heavy (non-hydrogen) atoms. The molecule has 0 spiro atoms. The molecule has 0 bridgehead atoms. The Morgan fingerprint density at radius 1 is 1.12 bits per heavy atom. The van der Waals surface area contributed by atoms with Crippen molar-refractivity contribution in [1.82, 2.24) is 0 Å². The number of hydrogen-bond acceptors (Lipinski definition) is 5. The van der Waals surface area contributed by atoms with Gasteiger partial charge in [0.05, 0.1) is 13.2 Å². The zero-order valence-corrected chi connectivity index (χ0v) is 9.56. The summed E-state index contributed by atoms with van der Waals surface area (Å²) in [5.74, 6) is -1.18. The van der Waals surface area contributed by atoms with E-state index in [0.717, 1.165) is 12.2 Å². The second-order valence-electron chi connectivity index (χ2n) is 2.66. The number of allylic oxidation sites excluding steroid dienone is 1. The predicted octanol–water partition coefficient (Wildman–Crippen LogP) is 0.403. The van der Waals surface area contributed by atoms with Crippen LogP contribution in [0, 0.1) is 0 Å². The molecule has 6 nitrogen and oxygen atoms in total. The van der Waals surface area contributed by atoms with Gasteiger partial charge < -0.3 is 14.9 Å². The highest BCUT2D eigenvalue weighted by atomic mass is 16.5. The third-order valence-electron chi connectivity index (χ3n) is 1.50. The van der Waals surface area contributed by atoms with Crippen molar-refractivity contribution in [3.8, 4) is 0 Å².